The molecule has 8 rings (SSSR count). The first-order chi connectivity index (χ1) is 33.7. The lowest BCUT2D eigenvalue weighted by Crippen LogP contribution is -2.56. The van der Waals surface area contributed by atoms with Crippen LogP contribution in [0.4, 0.5) is 19.2 Å². The highest BCUT2D eigenvalue weighted by atomic mass is 16.6. The number of rotatable bonds is 10. The van der Waals surface area contributed by atoms with Crippen molar-refractivity contribution in [3.05, 3.63) is 119 Å². The minimum atomic E-state index is -1.49. The number of urea groups is 1. The Morgan fingerprint density at radius 1 is 0.639 bits per heavy atom. The monoisotopic (exact) mass is 990 g/mol. The molecule has 6 amide bonds. The number of carboxylic acid groups (broad SMARTS) is 1. The van der Waals surface area contributed by atoms with E-state index in [1.165, 1.54) is 5.56 Å². The molecule has 1 aliphatic heterocycles. The molecular formula is C57H71N3O12. The molecule has 4 aliphatic rings. The average Bonchev–Trinajstić information content (AvgIpc) is 3.75. The highest BCUT2D eigenvalue weighted by molar-refractivity contribution is 6.20. The van der Waals surface area contributed by atoms with Gasteiger partial charge in [0.15, 0.2) is 0 Å². The van der Waals surface area contributed by atoms with Gasteiger partial charge in [-0.3, -0.25) is 4.79 Å². The Bertz CT molecular complexity index is 2540. The van der Waals surface area contributed by atoms with Gasteiger partial charge in [-0.05, 0) is 176 Å². The van der Waals surface area contributed by atoms with Crippen LogP contribution in [-0.2, 0) is 23.8 Å². The van der Waals surface area contributed by atoms with E-state index in [2.05, 4.69) is 29.6 Å². The Hall–Kier alpha value is -6.90. The van der Waals surface area contributed by atoms with E-state index in [1.807, 2.05) is 86.6 Å². The van der Waals surface area contributed by atoms with Crippen molar-refractivity contribution in [2.75, 3.05) is 19.8 Å². The average molecular weight is 990 g/mol. The van der Waals surface area contributed by atoms with Crippen molar-refractivity contribution < 1.29 is 57.6 Å². The zero-order valence-corrected chi connectivity index (χ0v) is 42.1. The van der Waals surface area contributed by atoms with Crippen molar-refractivity contribution in [1.82, 2.24) is 15.1 Å². The number of imide groups is 4. The van der Waals surface area contributed by atoms with E-state index in [-0.39, 0.29) is 44.6 Å². The van der Waals surface area contributed by atoms with Crippen LogP contribution in [0.15, 0.2) is 97.1 Å². The van der Waals surface area contributed by atoms with Crippen LogP contribution in [0, 0.1) is 0 Å². The van der Waals surface area contributed by atoms with Crippen LogP contribution in [0.25, 0.3) is 11.1 Å². The number of hydrogen-bond donors (Lipinski definition) is 2. The normalized spacial score (nSPS) is 21.6. The SMILES string of the molecule is C.CCOc1ccc(C2CCC(NC(=O)OCC3c4ccccc4-c4ccccc43)(C(=O)O)CC2)cc1.CCOc1ccc(C2CCC3(CC2)C(=O)N(C(=O)OC(C)(C)C)C(=O)N3C(=O)OC(C)(C)C)cc1. The molecule has 386 valence electrons. The van der Waals surface area contributed by atoms with Gasteiger partial charge in [0.1, 0.15) is 40.4 Å². The van der Waals surface area contributed by atoms with E-state index < -0.39 is 58.5 Å². The highest BCUT2D eigenvalue weighted by Crippen LogP contribution is 2.47. The maximum atomic E-state index is 13.6. The summed E-state index contributed by atoms with van der Waals surface area (Å²) in [5.41, 5.74) is 2.18. The van der Waals surface area contributed by atoms with E-state index in [0.29, 0.717) is 56.6 Å². The fraction of sp³-hybridized carbons (Fsp3) is 0.474. The second kappa shape index (κ2) is 22.3. The van der Waals surface area contributed by atoms with Gasteiger partial charge >= 0.3 is 30.3 Å². The number of nitrogens with one attached hydrogen (secondary N) is 1. The minimum Gasteiger partial charge on any atom is -0.494 e. The van der Waals surface area contributed by atoms with Crippen molar-refractivity contribution in [3.8, 4) is 22.6 Å². The van der Waals surface area contributed by atoms with Gasteiger partial charge in [-0.25, -0.2) is 28.9 Å². The second-order valence-electron chi connectivity index (χ2n) is 20.6. The van der Waals surface area contributed by atoms with E-state index in [0.717, 1.165) is 44.2 Å². The van der Waals surface area contributed by atoms with Crippen LogP contribution in [-0.4, -0.2) is 93.2 Å². The van der Waals surface area contributed by atoms with Gasteiger partial charge in [-0.2, -0.15) is 4.90 Å². The fourth-order valence-corrected chi connectivity index (χ4v) is 10.2. The molecule has 4 aromatic carbocycles. The summed E-state index contributed by atoms with van der Waals surface area (Å²) < 4.78 is 27.4. The summed E-state index contributed by atoms with van der Waals surface area (Å²) in [6.45, 7) is 15.2. The van der Waals surface area contributed by atoms with Gasteiger partial charge < -0.3 is 34.1 Å². The number of carboxylic acids is 1. The van der Waals surface area contributed by atoms with Crippen LogP contribution >= 0.6 is 0 Å². The molecule has 0 atom stereocenters. The number of alkyl carbamates (subject to hydrolysis) is 1. The first kappa shape index (κ1) is 54.4. The van der Waals surface area contributed by atoms with Crippen LogP contribution < -0.4 is 14.8 Å². The molecule has 0 aromatic heterocycles. The zero-order valence-electron chi connectivity index (χ0n) is 42.1. The summed E-state index contributed by atoms with van der Waals surface area (Å²) in [7, 11) is 0. The van der Waals surface area contributed by atoms with E-state index in [1.54, 1.807) is 41.5 Å². The van der Waals surface area contributed by atoms with Crippen LogP contribution in [0.1, 0.15) is 154 Å². The Labute approximate surface area is 423 Å². The lowest BCUT2D eigenvalue weighted by atomic mass is 9.73. The summed E-state index contributed by atoms with van der Waals surface area (Å²) >= 11 is 0. The third-order valence-corrected chi connectivity index (χ3v) is 13.6. The quantitative estimate of drug-likeness (QED) is 0.113. The standard InChI is InChI=1S/C30H31NO5.C26H36N2O7.CH4/c1-2-35-22-13-11-20(12-14-22)21-15-17-30(18-16-21,28(32)33)31-29(34)36-19-27-25-9-5-3-7-23(25)24-8-4-6-10-26(24)27;1-8-33-19-11-9-17(10-12-19)18-13-15-26(16-14-18)20(29)27(22(31)34-24(2,3)4)21(30)28(26)23(32)35-25(5,6)7;/h3-14,21,27H,2,15-19H2,1H3,(H,31,34)(H,32,33);9-12,18H,8,13-16H2,1-7H3;1H4. The lowest BCUT2D eigenvalue weighted by molar-refractivity contribution is -0.146. The third kappa shape index (κ3) is 11.9. The molecule has 4 aromatic rings. The molecule has 1 saturated heterocycles. The molecule has 3 aliphatic carbocycles. The molecule has 1 heterocycles. The predicted molar refractivity (Wildman–Crippen MR) is 272 cm³/mol. The maximum absolute atomic E-state index is 13.6. The van der Waals surface area contributed by atoms with Gasteiger partial charge in [0.05, 0.1) is 13.2 Å². The maximum Gasteiger partial charge on any atom is 0.425 e. The Kier molecular flexibility index (Phi) is 16.8. The van der Waals surface area contributed by atoms with Crippen molar-refractivity contribution >= 4 is 36.2 Å². The number of hydrogen-bond acceptors (Lipinski definition) is 11. The molecule has 0 radical (unpaired) electrons. The second-order valence-corrected chi connectivity index (χ2v) is 20.6. The number of benzene rings is 4. The number of nitrogens with zero attached hydrogens (tertiary/aromatic N) is 2. The zero-order chi connectivity index (χ0) is 51.3. The highest BCUT2D eigenvalue weighted by Gasteiger charge is 2.64. The van der Waals surface area contributed by atoms with Crippen LogP contribution in [0.5, 0.6) is 11.5 Å². The van der Waals surface area contributed by atoms with E-state index >= 15 is 0 Å². The number of carbonyl (C=O) groups is 6. The topological polar surface area (TPSA) is 187 Å². The van der Waals surface area contributed by atoms with E-state index in [4.69, 9.17) is 23.7 Å². The van der Waals surface area contributed by atoms with Gasteiger partial charge in [-0.15, -0.1) is 0 Å². The first-order valence-corrected chi connectivity index (χ1v) is 24.7. The predicted octanol–water partition coefficient (Wildman–Crippen LogP) is 12.4. The largest absolute Gasteiger partial charge is 0.494 e. The van der Waals surface area contributed by atoms with Crippen molar-refractivity contribution in [3.63, 3.8) is 0 Å². The van der Waals surface area contributed by atoms with Crippen molar-refractivity contribution in [2.45, 2.75) is 154 Å². The Morgan fingerprint density at radius 2 is 1.07 bits per heavy atom. The molecular weight excluding hydrogens is 919 g/mol. The number of ether oxygens (including phenoxy) is 5. The molecule has 3 fully saturated rings. The van der Waals surface area contributed by atoms with Gasteiger partial charge in [0.2, 0.25) is 0 Å². The fourth-order valence-electron chi connectivity index (χ4n) is 10.2. The van der Waals surface area contributed by atoms with Gasteiger partial charge in [-0.1, -0.05) is 80.2 Å². The molecule has 15 nitrogen and oxygen atoms in total. The third-order valence-electron chi connectivity index (χ3n) is 13.6. The van der Waals surface area contributed by atoms with Crippen molar-refractivity contribution in [2.24, 2.45) is 0 Å². The van der Waals surface area contributed by atoms with Crippen LogP contribution in [0.2, 0.25) is 0 Å². The van der Waals surface area contributed by atoms with Crippen molar-refractivity contribution in [1.29, 1.82) is 0 Å². The summed E-state index contributed by atoms with van der Waals surface area (Å²) in [5.74, 6) is 0.166. The summed E-state index contributed by atoms with van der Waals surface area (Å²) in [5, 5.41) is 12.8. The Balaban J connectivity index is 0.000000232. The van der Waals surface area contributed by atoms with Crippen LogP contribution in [0.3, 0.4) is 0 Å². The summed E-state index contributed by atoms with van der Waals surface area (Å²) in [6, 6.07) is 31.0. The number of fused-ring (bicyclic) bond motifs is 3. The summed E-state index contributed by atoms with van der Waals surface area (Å²) in [4.78, 5) is 79.2. The lowest BCUT2D eigenvalue weighted by Gasteiger charge is -2.40. The number of carbonyl (C=O) groups excluding carboxylic acids is 5. The molecule has 0 bridgehead atoms. The molecule has 0 unspecified atom stereocenters. The molecule has 72 heavy (non-hydrogen) atoms. The molecule has 2 saturated carbocycles. The number of amides is 6. The molecule has 15 heteroatoms. The van der Waals surface area contributed by atoms with Gasteiger partial charge in [0.25, 0.3) is 5.91 Å². The Morgan fingerprint density at radius 3 is 1.50 bits per heavy atom. The molecule has 1 spiro atoms. The molecule has 2 N–H and O–H groups in total. The summed E-state index contributed by atoms with van der Waals surface area (Å²) in [6.07, 6.45) is 0.861. The smallest absolute Gasteiger partial charge is 0.425 e. The van der Waals surface area contributed by atoms with Gasteiger partial charge in [0, 0.05) is 5.92 Å². The minimum absolute atomic E-state index is 0. The number of aliphatic carboxylic acids is 1. The van der Waals surface area contributed by atoms with E-state index in [9.17, 15) is 33.9 Å². The first-order valence-electron chi connectivity index (χ1n) is 24.7.